The van der Waals surface area contributed by atoms with Crippen molar-refractivity contribution in [3.63, 3.8) is 0 Å². The molecule has 18 heavy (non-hydrogen) atoms. The molecule has 0 aliphatic carbocycles. The van der Waals surface area contributed by atoms with E-state index in [0.29, 0.717) is 11.4 Å². The fourth-order valence-electron chi connectivity index (χ4n) is 2.52. The van der Waals surface area contributed by atoms with E-state index in [1.54, 1.807) is 27.3 Å². The predicted octanol–water partition coefficient (Wildman–Crippen LogP) is 0.915. The largest absolute Gasteiger partial charge is 0.356 e. The molecule has 0 spiro atoms. The van der Waals surface area contributed by atoms with Gasteiger partial charge in [-0.3, -0.25) is 0 Å². The van der Waals surface area contributed by atoms with Crippen molar-refractivity contribution in [3.05, 3.63) is 18.5 Å². The Bertz CT molecular complexity index is 507. The Morgan fingerprint density at radius 3 is 2.72 bits per heavy atom. The Morgan fingerprint density at radius 1 is 1.44 bits per heavy atom. The number of sulfonamides is 1. The minimum absolute atomic E-state index is 0.0797. The van der Waals surface area contributed by atoms with Gasteiger partial charge in [0.05, 0.1) is 4.90 Å². The number of rotatable bonds is 3. The van der Waals surface area contributed by atoms with Crippen LogP contribution in [0.1, 0.15) is 26.2 Å². The van der Waals surface area contributed by atoms with Gasteiger partial charge in [-0.05, 0) is 25.8 Å². The number of hydrogen-bond acceptors (Lipinski definition) is 3. The Hall–Kier alpha value is -0.850. The van der Waals surface area contributed by atoms with Crippen LogP contribution in [0.25, 0.3) is 0 Å². The molecule has 0 saturated carbocycles. The molecule has 5 nitrogen and oxygen atoms in total. The highest BCUT2D eigenvalue weighted by Crippen LogP contribution is 2.26. The third-order valence-corrected chi connectivity index (χ3v) is 5.42. The monoisotopic (exact) mass is 271 g/mol. The Labute approximate surface area is 109 Å². The van der Waals surface area contributed by atoms with E-state index in [1.165, 1.54) is 0 Å². The first-order chi connectivity index (χ1) is 8.43. The van der Waals surface area contributed by atoms with E-state index in [9.17, 15) is 8.42 Å². The summed E-state index contributed by atoms with van der Waals surface area (Å²) < 4.78 is 28.5. The molecule has 0 amide bonds. The molecular formula is C12H21N3O2S. The first kappa shape index (κ1) is 13.6. The lowest BCUT2D eigenvalue weighted by atomic mass is 10.00. The Kier molecular flexibility index (Phi) is 3.79. The van der Waals surface area contributed by atoms with Gasteiger partial charge in [-0.25, -0.2) is 8.42 Å². The molecule has 2 rings (SSSR count). The molecule has 1 aliphatic heterocycles. The van der Waals surface area contributed by atoms with Crippen LogP contribution < -0.4 is 5.73 Å². The maximum atomic E-state index is 12.6. The van der Waals surface area contributed by atoms with E-state index in [2.05, 4.69) is 0 Å². The van der Waals surface area contributed by atoms with Gasteiger partial charge in [-0.2, -0.15) is 4.31 Å². The van der Waals surface area contributed by atoms with Crippen molar-refractivity contribution >= 4 is 10.0 Å². The third-order valence-electron chi connectivity index (χ3n) is 3.52. The molecule has 1 aromatic rings. The number of nitrogens with two attached hydrogens (primary N) is 1. The van der Waals surface area contributed by atoms with E-state index < -0.39 is 10.0 Å². The van der Waals surface area contributed by atoms with Crippen molar-refractivity contribution < 1.29 is 8.42 Å². The molecule has 1 aromatic heterocycles. The fourth-order valence-corrected chi connectivity index (χ4v) is 4.35. The van der Waals surface area contributed by atoms with E-state index in [1.807, 2.05) is 14.0 Å². The third kappa shape index (κ3) is 2.46. The summed E-state index contributed by atoms with van der Waals surface area (Å²) >= 11 is 0. The average Bonchev–Trinajstić information content (AvgIpc) is 2.76. The van der Waals surface area contributed by atoms with Gasteiger partial charge in [-0.15, -0.1) is 0 Å². The summed E-state index contributed by atoms with van der Waals surface area (Å²) in [5.74, 6) is 0. The zero-order chi connectivity index (χ0) is 13.3. The van der Waals surface area contributed by atoms with Gasteiger partial charge in [0.15, 0.2) is 0 Å². The summed E-state index contributed by atoms with van der Waals surface area (Å²) in [6, 6.07) is 1.43. The molecule has 0 bridgehead atoms. The molecule has 0 aromatic carbocycles. The number of piperidine rings is 1. The Balaban J connectivity index is 2.33. The summed E-state index contributed by atoms with van der Waals surface area (Å²) in [6.07, 6.45) is 6.20. The molecule has 1 saturated heterocycles. The summed E-state index contributed by atoms with van der Waals surface area (Å²) in [6.45, 7) is 2.45. The van der Waals surface area contributed by atoms with Crippen molar-refractivity contribution in [3.8, 4) is 0 Å². The first-order valence-corrected chi connectivity index (χ1v) is 7.76. The second-order valence-electron chi connectivity index (χ2n) is 5.05. The predicted molar refractivity (Wildman–Crippen MR) is 70.6 cm³/mol. The van der Waals surface area contributed by atoms with E-state index in [4.69, 9.17) is 5.73 Å². The smallest absolute Gasteiger partial charge is 0.244 e. The van der Waals surface area contributed by atoms with Crippen molar-refractivity contribution in [2.45, 2.75) is 43.2 Å². The normalized spacial score (nSPS) is 24.1. The van der Waals surface area contributed by atoms with Gasteiger partial charge in [0.2, 0.25) is 10.0 Å². The lowest BCUT2D eigenvalue weighted by Gasteiger charge is -2.36. The molecule has 2 atom stereocenters. The van der Waals surface area contributed by atoms with Crippen LogP contribution in [0.3, 0.4) is 0 Å². The number of aryl methyl sites for hydroxylation is 1. The molecule has 1 fully saturated rings. The topological polar surface area (TPSA) is 68.3 Å². The van der Waals surface area contributed by atoms with Crippen LogP contribution in [0.2, 0.25) is 0 Å². The lowest BCUT2D eigenvalue weighted by molar-refractivity contribution is 0.227. The fraction of sp³-hybridized carbons (Fsp3) is 0.667. The maximum Gasteiger partial charge on any atom is 0.244 e. The highest BCUT2D eigenvalue weighted by molar-refractivity contribution is 7.89. The van der Waals surface area contributed by atoms with Crippen LogP contribution in [0.4, 0.5) is 0 Å². The van der Waals surface area contributed by atoms with Crippen molar-refractivity contribution in [2.24, 2.45) is 12.8 Å². The van der Waals surface area contributed by atoms with E-state index >= 15 is 0 Å². The summed E-state index contributed by atoms with van der Waals surface area (Å²) in [5, 5.41) is 0. The maximum absolute atomic E-state index is 12.6. The molecule has 0 radical (unpaired) electrons. The minimum Gasteiger partial charge on any atom is -0.356 e. The van der Waals surface area contributed by atoms with Crippen molar-refractivity contribution in [1.82, 2.24) is 8.87 Å². The summed E-state index contributed by atoms with van der Waals surface area (Å²) in [5.41, 5.74) is 5.93. The second kappa shape index (κ2) is 5.03. The van der Waals surface area contributed by atoms with Crippen LogP contribution in [0, 0.1) is 0 Å². The van der Waals surface area contributed by atoms with E-state index in [-0.39, 0.29) is 12.1 Å². The highest BCUT2D eigenvalue weighted by Gasteiger charge is 2.35. The van der Waals surface area contributed by atoms with Crippen LogP contribution in [-0.4, -0.2) is 35.9 Å². The van der Waals surface area contributed by atoms with Crippen molar-refractivity contribution in [2.75, 3.05) is 6.54 Å². The summed E-state index contributed by atoms with van der Waals surface area (Å²) in [7, 11) is -1.59. The zero-order valence-electron chi connectivity index (χ0n) is 10.9. The molecule has 1 aliphatic rings. The number of nitrogens with zero attached hydrogens (tertiary/aromatic N) is 2. The SMILES string of the molecule is CC(N)C1CCCCN1S(=O)(=O)c1ccn(C)c1. The molecule has 6 heteroatoms. The van der Waals surface area contributed by atoms with Gasteiger partial charge >= 0.3 is 0 Å². The standard InChI is InChI=1S/C12H21N3O2S/c1-10(13)12-5-3-4-7-15(12)18(16,17)11-6-8-14(2)9-11/h6,8-10,12H,3-5,7,13H2,1-2H3. The summed E-state index contributed by atoms with van der Waals surface area (Å²) in [4.78, 5) is 0.359. The number of hydrogen-bond donors (Lipinski definition) is 1. The van der Waals surface area contributed by atoms with Crippen LogP contribution >= 0.6 is 0 Å². The lowest BCUT2D eigenvalue weighted by Crippen LogP contribution is -2.51. The van der Waals surface area contributed by atoms with E-state index in [0.717, 1.165) is 19.3 Å². The highest BCUT2D eigenvalue weighted by atomic mass is 32.2. The molecule has 102 valence electrons. The van der Waals surface area contributed by atoms with Crippen LogP contribution in [0.5, 0.6) is 0 Å². The van der Waals surface area contributed by atoms with Crippen LogP contribution in [-0.2, 0) is 17.1 Å². The second-order valence-corrected chi connectivity index (χ2v) is 6.94. The first-order valence-electron chi connectivity index (χ1n) is 6.32. The van der Waals surface area contributed by atoms with Crippen molar-refractivity contribution in [1.29, 1.82) is 0 Å². The number of aromatic nitrogens is 1. The minimum atomic E-state index is -3.40. The molecule has 2 unspecified atom stereocenters. The quantitative estimate of drug-likeness (QED) is 0.888. The van der Waals surface area contributed by atoms with Gasteiger partial charge in [-0.1, -0.05) is 6.42 Å². The molecule has 2 N–H and O–H groups in total. The molecular weight excluding hydrogens is 250 g/mol. The van der Waals surface area contributed by atoms with Crippen LogP contribution in [0.15, 0.2) is 23.4 Å². The van der Waals surface area contributed by atoms with Gasteiger partial charge < -0.3 is 10.3 Å². The van der Waals surface area contributed by atoms with Gasteiger partial charge in [0.25, 0.3) is 0 Å². The zero-order valence-corrected chi connectivity index (χ0v) is 11.7. The van der Waals surface area contributed by atoms with Gasteiger partial charge in [0, 0.05) is 38.1 Å². The average molecular weight is 271 g/mol. The Morgan fingerprint density at radius 2 is 2.17 bits per heavy atom. The molecule has 2 heterocycles. The van der Waals surface area contributed by atoms with Gasteiger partial charge in [0.1, 0.15) is 0 Å².